The van der Waals surface area contributed by atoms with Crippen molar-refractivity contribution in [3.05, 3.63) is 23.3 Å². The van der Waals surface area contributed by atoms with E-state index in [4.69, 9.17) is 9.47 Å². The highest BCUT2D eigenvalue weighted by Gasteiger charge is 2.76. The molecule has 3 fully saturated rings. The Morgan fingerprint density at radius 1 is 1.12 bits per heavy atom. The molecule has 5 aliphatic rings. The maximum absolute atomic E-state index is 11.6. The minimum atomic E-state index is -0.505. The lowest BCUT2D eigenvalue weighted by atomic mass is 9.49. The molecule has 0 unspecified atom stereocenters. The summed E-state index contributed by atoms with van der Waals surface area (Å²) in [5.41, 5.74) is 2.69. The Kier molecular flexibility index (Phi) is 5.92. The summed E-state index contributed by atoms with van der Waals surface area (Å²) in [6.07, 6.45) is 11.5. The highest BCUT2D eigenvalue weighted by molar-refractivity contribution is 5.66. The van der Waals surface area contributed by atoms with Crippen LogP contribution in [-0.2, 0) is 14.3 Å². The zero-order valence-electron chi connectivity index (χ0n) is 22.4. The molecule has 5 rings (SSSR count). The Bertz CT molecular complexity index is 903. The molecule has 0 aromatic rings. The van der Waals surface area contributed by atoms with Crippen LogP contribution in [0.1, 0.15) is 93.4 Å². The monoisotopic (exact) mass is 470 g/mol. The second-order valence-corrected chi connectivity index (χ2v) is 13.2. The predicted molar refractivity (Wildman–Crippen MR) is 134 cm³/mol. The van der Waals surface area contributed by atoms with E-state index < -0.39 is 6.10 Å². The van der Waals surface area contributed by atoms with Crippen molar-refractivity contribution in [3.63, 3.8) is 0 Å². The molecule has 190 valence electrons. The number of carbonyl (C=O) groups excluding carboxylic acids is 1. The molecule has 0 radical (unpaired) electrons. The third-order valence-electron chi connectivity index (χ3n) is 11.2. The van der Waals surface area contributed by atoms with Gasteiger partial charge in [-0.05, 0) is 79.1 Å². The SMILES string of the molecule is CC(=O)O[C@H]1CC[C@]2(C)C3=C([C@H](O)[C@@H]4O[C@@]42C1)[C@@H]1CC[C@H]([C@H](C)/C=C/[C@H](C)C(C)C)[C@@]1(C)CC3. The van der Waals surface area contributed by atoms with E-state index >= 15 is 0 Å². The van der Waals surface area contributed by atoms with E-state index in [9.17, 15) is 9.90 Å². The first-order valence-electron chi connectivity index (χ1n) is 13.9. The summed E-state index contributed by atoms with van der Waals surface area (Å²) in [7, 11) is 0. The largest absolute Gasteiger partial charge is 0.462 e. The van der Waals surface area contributed by atoms with Gasteiger partial charge in [0.2, 0.25) is 0 Å². The molecule has 4 nitrogen and oxygen atoms in total. The van der Waals surface area contributed by atoms with Crippen LogP contribution < -0.4 is 0 Å². The van der Waals surface area contributed by atoms with Crippen molar-refractivity contribution >= 4 is 5.97 Å². The van der Waals surface area contributed by atoms with Crippen LogP contribution in [0.3, 0.4) is 0 Å². The molecular weight excluding hydrogens is 424 g/mol. The first-order valence-corrected chi connectivity index (χ1v) is 13.9. The van der Waals surface area contributed by atoms with E-state index in [1.165, 1.54) is 37.3 Å². The van der Waals surface area contributed by atoms with Crippen molar-refractivity contribution in [2.75, 3.05) is 0 Å². The van der Waals surface area contributed by atoms with Gasteiger partial charge in [-0.15, -0.1) is 0 Å². The van der Waals surface area contributed by atoms with Gasteiger partial charge in [-0.3, -0.25) is 4.79 Å². The van der Waals surface area contributed by atoms with Gasteiger partial charge in [-0.1, -0.05) is 59.3 Å². The van der Waals surface area contributed by atoms with E-state index in [0.29, 0.717) is 29.6 Å². The zero-order valence-corrected chi connectivity index (χ0v) is 22.4. The number of rotatable bonds is 5. The van der Waals surface area contributed by atoms with Gasteiger partial charge in [0.15, 0.2) is 0 Å². The highest BCUT2D eigenvalue weighted by atomic mass is 16.6. The summed E-state index contributed by atoms with van der Waals surface area (Å²) < 4.78 is 12.0. The molecule has 4 aliphatic carbocycles. The van der Waals surface area contributed by atoms with Crippen molar-refractivity contribution in [3.8, 4) is 0 Å². The number of hydrogen-bond donors (Lipinski definition) is 1. The van der Waals surface area contributed by atoms with Crippen LogP contribution in [0.25, 0.3) is 0 Å². The van der Waals surface area contributed by atoms with Gasteiger partial charge in [-0.25, -0.2) is 0 Å². The second-order valence-electron chi connectivity index (χ2n) is 13.2. The summed E-state index contributed by atoms with van der Waals surface area (Å²) in [5, 5.41) is 11.6. The molecular formula is C30H46O4. The Hall–Kier alpha value is -1.13. The Labute approximate surface area is 206 Å². The first-order chi connectivity index (χ1) is 15.9. The summed E-state index contributed by atoms with van der Waals surface area (Å²) in [6, 6.07) is 0. The number of aliphatic hydroxyl groups is 1. The highest BCUT2D eigenvalue weighted by Crippen LogP contribution is 2.72. The van der Waals surface area contributed by atoms with Gasteiger partial charge in [0.1, 0.15) is 23.9 Å². The maximum atomic E-state index is 11.6. The molecule has 0 bridgehead atoms. The number of carbonyl (C=O) groups is 1. The number of allylic oxidation sites excluding steroid dienone is 2. The lowest BCUT2D eigenvalue weighted by molar-refractivity contribution is -0.150. The minimum absolute atomic E-state index is 0.0412. The van der Waals surface area contributed by atoms with Gasteiger partial charge in [0.05, 0.1) is 0 Å². The first kappa shape index (κ1) is 24.6. The summed E-state index contributed by atoms with van der Waals surface area (Å²) in [6.45, 7) is 15.7. The molecule has 1 spiro atoms. The molecule has 2 saturated carbocycles. The summed E-state index contributed by atoms with van der Waals surface area (Å²) in [4.78, 5) is 11.6. The van der Waals surface area contributed by atoms with Crippen molar-refractivity contribution in [2.45, 2.75) is 117 Å². The number of ether oxygens (including phenoxy) is 2. The Morgan fingerprint density at radius 2 is 1.85 bits per heavy atom. The topological polar surface area (TPSA) is 59.1 Å². The van der Waals surface area contributed by atoms with Gasteiger partial charge < -0.3 is 14.6 Å². The third-order valence-corrected chi connectivity index (χ3v) is 11.2. The molecule has 34 heavy (non-hydrogen) atoms. The Balaban J connectivity index is 1.42. The maximum Gasteiger partial charge on any atom is 0.302 e. The van der Waals surface area contributed by atoms with Gasteiger partial charge in [-0.2, -0.15) is 0 Å². The molecule has 1 heterocycles. The summed E-state index contributed by atoms with van der Waals surface area (Å²) in [5.74, 6) is 2.74. The lowest BCUT2D eigenvalue weighted by Crippen LogP contribution is -2.55. The van der Waals surface area contributed by atoms with E-state index in [1.807, 2.05) is 0 Å². The fourth-order valence-electron chi connectivity index (χ4n) is 8.78. The molecule has 1 saturated heterocycles. The van der Waals surface area contributed by atoms with Gasteiger partial charge in [0, 0.05) is 18.8 Å². The fourth-order valence-corrected chi connectivity index (χ4v) is 8.78. The molecule has 1 aliphatic heterocycles. The molecule has 4 heteroatoms. The van der Waals surface area contributed by atoms with Crippen molar-refractivity contribution < 1.29 is 19.4 Å². The number of aliphatic hydroxyl groups excluding tert-OH is 1. The lowest BCUT2D eigenvalue weighted by Gasteiger charge is -2.54. The molecule has 0 aromatic heterocycles. The van der Waals surface area contributed by atoms with Crippen molar-refractivity contribution in [1.29, 1.82) is 0 Å². The van der Waals surface area contributed by atoms with E-state index in [1.54, 1.807) is 0 Å². The van der Waals surface area contributed by atoms with Gasteiger partial charge >= 0.3 is 5.97 Å². The fraction of sp³-hybridized carbons (Fsp3) is 0.833. The number of hydrogen-bond acceptors (Lipinski definition) is 4. The number of fused-ring (bicyclic) bond motifs is 3. The van der Waals surface area contributed by atoms with Crippen LogP contribution in [0.4, 0.5) is 0 Å². The van der Waals surface area contributed by atoms with Crippen LogP contribution in [0.15, 0.2) is 23.3 Å². The van der Waals surface area contributed by atoms with E-state index in [2.05, 4.69) is 53.7 Å². The Morgan fingerprint density at radius 3 is 2.53 bits per heavy atom. The quantitative estimate of drug-likeness (QED) is 0.294. The van der Waals surface area contributed by atoms with Crippen LogP contribution >= 0.6 is 0 Å². The van der Waals surface area contributed by atoms with Crippen LogP contribution in [0.5, 0.6) is 0 Å². The van der Waals surface area contributed by atoms with E-state index in [-0.39, 0.29) is 34.6 Å². The normalized spacial score (nSPS) is 47.0. The van der Waals surface area contributed by atoms with Crippen molar-refractivity contribution in [2.24, 2.45) is 40.4 Å². The molecule has 1 N–H and O–H groups in total. The second kappa shape index (κ2) is 8.20. The predicted octanol–water partition coefficient (Wildman–Crippen LogP) is 6.23. The van der Waals surface area contributed by atoms with Crippen molar-refractivity contribution in [1.82, 2.24) is 0 Å². The molecule has 0 amide bonds. The zero-order chi connectivity index (χ0) is 24.6. The minimum Gasteiger partial charge on any atom is -0.462 e. The van der Waals surface area contributed by atoms with Gasteiger partial charge in [0.25, 0.3) is 0 Å². The average molecular weight is 471 g/mol. The van der Waals surface area contributed by atoms with Crippen LogP contribution in [-0.4, -0.2) is 35.0 Å². The molecule has 0 aromatic carbocycles. The number of epoxide rings is 1. The average Bonchev–Trinajstić information content (AvgIpc) is 3.39. The van der Waals surface area contributed by atoms with E-state index in [0.717, 1.165) is 25.7 Å². The van der Waals surface area contributed by atoms with Crippen LogP contribution in [0.2, 0.25) is 0 Å². The van der Waals surface area contributed by atoms with Crippen LogP contribution in [0, 0.1) is 40.4 Å². The third kappa shape index (κ3) is 3.41. The number of esters is 1. The molecule has 10 atom stereocenters. The summed E-state index contributed by atoms with van der Waals surface area (Å²) >= 11 is 0. The smallest absolute Gasteiger partial charge is 0.302 e. The standard InChI is InChI=1S/C30H46O4/c1-17(2)18(3)8-9-19(4)22-10-11-23-25-24(13-14-28(22,23)6)29(7)15-12-21(33-20(5)31)16-30(29)27(34-30)26(25)32/h8-9,17-19,21-23,26-27,32H,10-16H2,1-7H3/b9-8+/t18-,19+,21-,22+,23-,26-,27-,28+,29+,30-/m0/s1.